The van der Waals surface area contributed by atoms with Crippen molar-refractivity contribution in [3.8, 4) is 11.5 Å². The average Bonchev–Trinajstić information content (AvgIpc) is 2.56. The minimum absolute atomic E-state index is 0.0870. The van der Waals surface area contributed by atoms with Gasteiger partial charge in [0.2, 0.25) is 5.91 Å². The number of hydrogen-bond donors (Lipinski definition) is 1. The number of halogens is 2. The van der Waals surface area contributed by atoms with Crippen molar-refractivity contribution in [3.63, 3.8) is 0 Å². The lowest BCUT2D eigenvalue weighted by molar-refractivity contribution is -0.121. The summed E-state index contributed by atoms with van der Waals surface area (Å²) in [5.74, 6) is 0.745. The molecule has 24 heavy (non-hydrogen) atoms. The van der Waals surface area contributed by atoms with E-state index in [0.717, 1.165) is 0 Å². The molecule has 0 aliphatic heterocycles. The van der Waals surface area contributed by atoms with E-state index < -0.39 is 0 Å². The third-order valence-electron chi connectivity index (χ3n) is 2.92. The topological polar surface area (TPSA) is 56.8 Å². The van der Waals surface area contributed by atoms with Gasteiger partial charge >= 0.3 is 0 Å². The summed E-state index contributed by atoms with van der Waals surface area (Å²) in [4.78, 5) is 11.9. The predicted octanol–water partition coefficient (Wildman–Crippen LogP) is 4.39. The SMILES string of the molecule is COCCOCC(=O)Nc1cc(Cl)ccc1Oc1ccc(Cl)cc1. The van der Waals surface area contributed by atoms with Crippen LogP contribution in [0.25, 0.3) is 0 Å². The van der Waals surface area contributed by atoms with Crippen molar-refractivity contribution in [2.75, 3.05) is 32.2 Å². The summed E-state index contributed by atoms with van der Waals surface area (Å²) in [7, 11) is 1.57. The zero-order chi connectivity index (χ0) is 17.4. The van der Waals surface area contributed by atoms with Crippen LogP contribution in [-0.4, -0.2) is 32.8 Å². The summed E-state index contributed by atoms with van der Waals surface area (Å²) >= 11 is 11.9. The quantitative estimate of drug-likeness (QED) is 0.701. The Labute approximate surface area is 150 Å². The van der Waals surface area contributed by atoms with Crippen molar-refractivity contribution in [2.45, 2.75) is 0 Å². The lowest BCUT2D eigenvalue weighted by atomic mass is 10.2. The Bertz CT molecular complexity index is 677. The van der Waals surface area contributed by atoms with Crippen LogP contribution in [0.2, 0.25) is 10.0 Å². The van der Waals surface area contributed by atoms with Crippen LogP contribution in [0, 0.1) is 0 Å². The van der Waals surface area contributed by atoms with Gasteiger partial charge in [0, 0.05) is 17.2 Å². The third kappa shape index (κ3) is 6.02. The first-order valence-corrected chi connectivity index (χ1v) is 7.93. The molecule has 2 rings (SSSR count). The molecular weight excluding hydrogens is 353 g/mol. The van der Waals surface area contributed by atoms with E-state index in [0.29, 0.717) is 40.4 Å². The second-order valence-electron chi connectivity index (χ2n) is 4.79. The van der Waals surface area contributed by atoms with Gasteiger partial charge in [-0.3, -0.25) is 4.79 Å². The highest BCUT2D eigenvalue weighted by atomic mass is 35.5. The first-order valence-electron chi connectivity index (χ1n) is 7.18. The first-order chi connectivity index (χ1) is 11.6. The summed E-state index contributed by atoms with van der Waals surface area (Å²) in [6.45, 7) is 0.680. The number of ether oxygens (including phenoxy) is 3. The van der Waals surface area contributed by atoms with Crippen molar-refractivity contribution in [1.29, 1.82) is 0 Å². The highest BCUT2D eigenvalue weighted by molar-refractivity contribution is 6.31. The van der Waals surface area contributed by atoms with Gasteiger partial charge in [-0.05, 0) is 42.5 Å². The van der Waals surface area contributed by atoms with Crippen LogP contribution >= 0.6 is 23.2 Å². The molecule has 128 valence electrons. The molecule has 0 atom stereocenters. The first kappa shape index (κ1) is 18.5. The Balaban J connectivity index is 2.04. The molecular formula is C17H17Cl2NO4. The second-order valence-corrected chi connectivity index (χ2v) is 5.66. The van der Waals surface area contributed by atoms with Gasteiger partial charge in [-0.2, -0.15) is 0 Å². The van der Waals surface area contributed by atoms with E-state index in [4.69, 9.17) is 37.4 Å². The number of anilines is 1. The molecule has 0 aromatic heterocycles. The van der Waals surface area contributed by atoms with Crippen molar-refractivity contribution in [1.82, 2.24) is 0 Å². The van der Waals surface area contributed by atoms with Crippen LogP contribution in [0.4, 0.5) is 5.69 Å². The average molecular weight is 370 g/mol. The number of amides is 1. The van der Waals surface area contributed by atoms with Crippen molar-refractivity contribution in [3.05, 3.63) is 52.5 Å². The van der Waals surface area contributed by atoms with Crippen molar-refractivity contribution < 1.29 is 19.0 Å². The van der Waals surface area contributed by atoms with E-state index in [1.807, 2.05) is 0 Å². The molecule has 2 aromatic rings. The van der Waals surface area contributed by atoms with E-state index in [-0.39, 0.29) is 12.5 Å². The number of benzene rings is 2. The Kier molecular flexibility index (Phi) is 7.34. The molecule has 0 saturated carbocycles. The predicted molar refractivity (Wildman–Crippen MR) is 94.3 cm³/mol. The minimum Gasteiger partial charge on any atom is -0.455 e. The zero-order valence-corrected chi connectivity index (χ0v) is 14.6. The Hall–Kier alpha value is -1.79. The highest BCUT2D eigenvalue weighted by Crippen LogP contribution is 2.32. The Morgan fingerprint density at radius 2 is 1.75 bits per heavy atom. The van der Waals surface area contributed by atoms with E-state index >= 15 is 0 Å². The van der Waals surface area contributed by atoms with Crippen LogP contribution in [-0.2, 0) is 14.3 Å². The molecule has 5 nitrogen and oxygen atoms in total. The standard InChI is InChI=1S/C17H17Cl2NO4/c1-22-8-9-23-11-17(21)20-15-10-13(19)4-7-16(15)24-14-5-2-12(18)3-6-14/h2-7,10H,8-9,11H2,1H3,(H,20,21). The van der Waals surface area contributed by atoms with Crippen LogP contribution in [0.5, 0.6) is 11.5 Å². The molecule has 0 unspecified atom stereocenters. The normalized spacial score (nSPS) is 10.5. The number of carbonyl (C=O) groups excluding carboxylic acids is 1. The van der Waals surface area contributed by atoms with Gasteiger partial charge in [0.1, 0.15) is 12.4 Å². The molecule has 0 aliphatic carbocycles. The van der Waals surface area contributed by atoms with E-state index in [1.54, 1.807) is 49.6 Å². The van der Waals surface area contributed by atoms with Crippen LogP contribution in [0.3, 0.4) is 0 Å². The molecule has 1 amide bonds. The molecule has 0 bridgehead atoms. The van der Waals surface area contributed by atoms with E-state index in [9.17, 15) is 4.79 Å². The maximum Gasteiger partial charge on any atom is 0.250 e. The van der Waals surface area contributed by atoms with Gasteiger partial charge in [0.05, 0.1) is 18.9 Å². The molecule has 0 aliphatic rings. The smallest absolute Gasteiger partial charge is 0.250 e. The maximum absolute atomic E-state index is 11.9. The van der Waals surface area contributed by atoms with Gasteiger partial charge in [-0.15, -0.1) is 0 Å². The molecule has 1 N–H and O–H groups in total. The summed E-state index contributed by atoms with van der Waals surface area (Å²) in [5.41, 5.74) is 0.456. The van der Waals surface area contributed by atoms with Crippen molar-refractivity contribution in [2.24, 2.45) is 0 Å². The highest BCUT2D eigenvalue weighted by Gasteiger charge is 2.10. The second kappa shape index (κ2) is 9.49. The monoisotopic (exact) mass is 369 g/mol. The van der Waals surface area contributed by atoms with Gasteiger partial charge < -0.3 is 19.5 Å². The summed E-state index contributed by atoms with van der Waals surface area (Å²) in [6.07, 6.45) is 0. The van der Waals surface area contributed by atoms with Gasteiger partial charge in [0.15, 0.2) is 5.75 Å². The van der Waals surface area contributed by atoms with Crippen LogP contribution in [0.15, 0.2) is 42.5 Å². The maximum atomic E-state index is 11.9. The van der Waals surface area contributed by atoms with Gasteiger partial charge in [0.25, 0.3) is 0 Å². The van der Waals surface area contributed by atoms with Crippen LogP contribution in [0.1, 0.15) is 0 Å². The fourth-order valence-electron chi connectivity index (χ4n) is 1.81. The fraction of sp³-hybridized carbons (Fsp3) is 0.235. The van der Waals surface area contributed by atoms with Gasteiger partial charge in [-0.25, -0.2) is 0 Å². The summed E-state index contributed by atoms with van der Waals surface area (Å²) < 4.78 is 15.8. The van der Waals surface area contributed by atoms with Crippen LogP contribution < -0.4 is 10.1 Å². The fourth-order valence-corrected chi connectivity index (χ4v) is 2.11. The number of methoxy groups -OCH3 is 1. The molecule has 7 heteroatoms. The molecule has 0 saturated heterocycles. The van der Waals surface area contributed by atoms with Crippen molar-refractivity contribution >= 4 is 34.8 Å². The molecule has 0 fully saturated rings. The Morgan fingerprint density at radius 3 is 2.46 bits per heavy atom. The number of carbonyl (C=O) groups is 1. The van der Waals surface area contributed by atoms with Gasteiger partial charge in [-0.1, -0.05) is 23.2 Å². The summed E-state index contributed by atoms with van der Waals surface area (Å²) in [6, 6.07) is 11.9. The largest absolute Gasteiger partial charge is 0.455 e. The lowest BCUT2D eigenvalue weighted by Crippen LogP contribution is -2.20. The lowest BCUT2D eigenvalue weighted by Gasteiger charge is -2.13. The molecule has 2 aromatic carbocycles. The molecule has 0 heterocycles. The third-order valence-corrected chi connectivity index (χ3v) is 3.41. The number of rotatable bonds is 8. The zero-order valence-electron chi connectivity index (χ0n) is 13.1. The number of hydrogen-bond acceptors (Lipinski definition) is 4. The minimum atomic E-state index is -0.311. The summed E-state index contributed by atoms with van der Waals surface area (Å²) in [5, 5.41) is 3.81. The van der Waals surface area contributed by atoms with E-state index in [1.165, 1.54) is 0 Å². The van der Waals surface area contributed by atoms with E-state index in [2.05, 4.69) is 5.32 Å². The number of nitrogens with one attached hydrogen (secondary N) is 1. The molecule has 0 spiro atoms. The molecule has 0 radical (unpaired) electrons. The Morgan fingerprint density at radius 1 is 1.04 bits per heavy atom.